The van der Waals surface area contributed by atoms with Gasteiger partial charge in [-0.15, -0.1) is 10.2 Å². The molecule has 0 saturated heterocycles. The molecule has 0 radical (unpaired) electrons. The van der Waals surface area contributed by atoms with Crippen LogP contribution < -0.4 is 10.1 Å². The summed E-state index contributed by atoms with van der Waals surface area (Å²) < 4.78 is 11.4. The minimum Gasteiger partial charge on any atom is -0.481 e. The van der Waals surface area contributed by atoms with Crippen molar-refractivity contribution in [2.45, 2.75) is 39.3 Å². The van der Waals surface area contributed by atoms with Gasteiger partial charge in [-0.25, -0.2) is 0 Å². The lowest BCUT2D eigenvalue weighted by atomic mass is 10.3. The number of halogens is 1. The monoisotopic (exact) mass is 309 g/mol. The fourth-order valence-corrected chi connectivity index (χ4v) is 1.97. The molecule has 0 amide bonds. The standard InChI is InChI=1S/C15H20ClN3O2/c1-10(2)17-8-7-14-18-19-15(21-14)11(3)20-13-6-4-5-12(16)9-13/h4-6,9-11,17H,7-8H2,1-3H3. The predicted molar refractivity (Wildman–Crippen MR) is 81.6 cm³/mol. The third-order valence-electron chi connectivity index (χ3n) is 2.83. The summed E-state index contributed by atoms with van der Waals surface area (Å²) in [6, 6.07) is 7.67. The Morgan fingerprint density at radius 3 is 2.81 bits per heavy atom. The average Bonchev–Trinajstić information content (AvgIpc) is 2.87. The van der Waals surface area contributed by atoms with Crippen LogP contribution in [0.25, 0.3) is 0 Å². The van der Waals surface area contributed by atoms with Crippen LogP contribution in [0.4, 0.5) is 0 Å². The van der Waals surface area contributed by atoms with Gasteiger partial charge in [0.05, 0.1) is 0 Å². The SMILES string of the molecule is CC(C)NCCc1nnc(C(C)Oc2cccc(Cl)c2)o1. The molecule has 1 atom stereocenters. The summed E-state index contributed by atoms with van der Waals surface area (Å²) in [7, 11) is 0. The molecule has 1 aromatic heterocycles. The van der Waals surface area contributed by atoms with Crippen molar-refractivity contribution in [1.29, 1.82) is 0 Å². The normalized spacial score (nSPS) is 12.6. The Morgan fingerprint density at radius 1 is 1.29 bits per heavy atom. The second kappa shape index (κ2) is 7.43. The Labute approximate surface area is 129 Å². The van der Waals surface area contributed by atoms with E-state index in [0.717, 1.165) is 6.54 Å². The maximum atomic E-state index is 5.92. The molecule has 0 spiro atoms. The fourth-order valence-electron chi connectivity index (χ4n) is 1.79. The molecule has 1 N–H and O–H groups in total. The number of nitrogens with one attached hydrogen (secondary N) is 1. The van der Waals surface area contributed by atoms with Crippen LogP contribution in [-0.4, -0.2) is 22.8 Å². The van der Waals surface area contributed by atoms with E-state index in [0.29, 0.717) is 35.0 Å². The summed E-state index contributed by atoms with van der Waals surface area (Å²) in [6.07, 6.45) is 0.387. The Morgan fingerprint density at radius 2 is 2.10 bits per heavy atom. The Bertz CT molecular complexity index is 572. The first-order valence-electron chi connectivity index (χ1n) is 7.02. The molecule has 0 aliphatic carbocycles. The fraction of sp³-hybridized carbons (Fsp3) is 0.467. The van der Waals surface area contributed by atoms with Crippen molar-refractivity contribution < 1.29 is 9.15 Å². The van der Waals surface area contributed by atoms with E-state index in [1.807, 2.05) is 19.1 Å². The maximum absolute atomic E-state index is 5.92. The number of hydrogen-bond acceptors (Lipinski definition) is 5. The van der Waals surface area contributed by atoms with E-state index in [-0.39, 0.29) is 6.10 Å². The van der Waals surface area contributed by atoms with Gasteiger partial charge in [0.25, 0.3) is 5.89 Å². The van der Waals surface area contributed by atoms with Crippen molar-refractivity contribution in [2.75, 3.05) is 6.54 Å². The summed E-state index contributed by atoms with van der Waals surface area (Å²) >= 11 is 5.92. The number of nitrogens with zero attached hydrogens (tertiary/aromatic N) is 2. The molecule has 0 fully saturated rings. The van der Waals surface area contributed by atoms with Crippen LogP contribution in [0.15, 0.2) is 28.7 Å². The molecule has 0 bridgehead atoms. The highest BCUT2D eigenvalue weighted by molar-refractivity contribution is 6.30. The summed E-state index contributed by atoms with van der Waals surface area (Å²) in [5.74, 6) is 1.76. The van der Waals surface area contributed by atoms with Crippen molar-refractivity contribution in [1.82, 2.24) is 15.5 Å². The van der Waals surface area contributed by atoms with E-state index in [1.54, 1.807) is 12.1 Å². The van der Waals surface area contributed by atoms with E-state index in [9.17, 15) is 0 Å². The molecule has 1 heterocycles. The maximum Gasteiger partial charge on any atom is 0.256 e. The lowest BCUT2D eigenvalue weighted by molar-refractivity contribution is 0.186. The number of benzene rings is 1. The van der Waals surface area contributed by atoms with Crippen LogP contribution in [-0.2, 0) is 6.42 Å². The highest BCUT2D eigenvalue weighted by atomic mass is 35.5. The molecular weight excluding hydrogens is 290 g/mol. The quantitative estimate of drug-likeness (QED) is 0.849. The highest BCUT2D eigenvalue weighted by Gasteiger charge is 2.15. The second-order valence-electron chi connectivity index (χ2n) is 5.11. The van der Waals surface area contributed by atoms with Crippen molar-refractivity contribution in [3.63, 3.8) is 0 Å². The molecule has 0 aliphatic heterocycles. The zero-order chi connectivity index (χ0) is 15.2. The molecule has 0 saturated carbocycles. The molecule has 21 heavy (non-hydrogen) atoms. The van der Waals surface area contributed by atoms with E-state index >= 15 is 0 Å². The summed E-state index contributed by atoms with van der Waals surface area (Å²) in [5.41, 5.74) is 0. The third kappa shape index (κ3) is 5.02. The Balaban J connectivity index is 1.91. The lowest BCUT2D eigenvalue weighted by Gasteiger charge is -2.10. The smallest absolute Gasteiger partial charge is 0.256 e. The molecule has 2 rings (SSSR count). The summed E-state index contributed by atoms with van der Waals surface area (Å²) in [5, 5.41) is 12.0. The van der Waals surface area contributed by atoms with Crippen molar-refractivity contribution in [2.24, 2.45) is 0 Å². The molecule has 2 aromatic rings. The predicted octanol–water partition coefficient (Wildman–Crippen LogP) is 3.40. The van der Waals surface area contributed by atoms with Gasteiger partial charge in [0, 0.05) is 24.0 Å². The van der Waals surface area contributed by atoms with Gasteiger partial charge in [0.1, 0.15) is 5.75 Å². The average molecular weight is 310 g/mol. The molecule has 1 unspecified atom stereocenters. The van der Waals surface area contributed by atoms with Gasteiger partial charge in [-0.3, -0.25) is 0 Å². The Kier molecular flexibility index (Phi) is 5.59. The van der Waals surface area contributed by atoms with E-state index in [1.165, 1.54) is 0 Å². The van der Waals surface area contributed by atoms with Crippen LogP contribution in [0.2, 0.25) is 5.02 Å². The second-order valence-corrected chi connectivity index (χ2v) is 5.55. The first kappa shape index (κ1) is 15.8. The summed E-state index contributed by atoms with van der Waals surface area (Å²) in [4.78, 5) is 0. The zero-order valence-corrected chi connectivity index (χ0v) is 13.2. The lowest BCUT2D eigenvalue weighted by Crippen LogP contribution is -2.25. The minimum absolute atomic E-state index is 0.317. The first-order chi connectivity index (χ1) is 10.0. The summed E-state index contributed by atoms with van der Waals surface area (Å²) in [6.45, 7) is 6.87. The molecule has 6 heteroatoms. The molecular formula is C15H20ClN3O2. The van der Waals surface area contributed by atoms with E-state index in [4.69, 9.17) is 20.8 Å². The van der Waals surface area contributed by atoms with Crippen molar-refractivity contribution >= 4 is 11.6 Å². The van der Waals surface area contributed by atoms with E-state index in [2.05, 4.69) is 29.4 Å². The number of hydrogen-bond donors (Lipinski definition) is 1. The van der Waals surface area contributed by atoms with Crippen molar-refractivity contribution in [3.05, 3.63) is 41.1 Å². The van der Waals surface area contributed by atoms with Gasteiger partial charge in [-0.05, 0) is 25.1 Å². The molecule has 5 nitrogen and oxygen atoms in total. The van der Waals surface area contributed by atoms with Crippen LogP contribution in [0.1, 0.15) is 38.7 Å². The van der Waals surface area contributed by atoms with Crippen molar-refractivity contribution in [3.8, 4) is 5.75 Å². The topological polar surface area (TPSA) is 60.2 Å². The number of aromatic nitrogens is 2. The molecule has 1 aromatic carbocycles. The molecule has 114 valence electrons. The third-order valence-corrected chi connectivity index (χ3v) is 3.07. The number of ether oxygens (including phenoxy) is 1. The largest absolute Gasteiger partial charge is 0.481 e. The van der Waals surface area contributed by atoms with Gasteiger partial charge in [-0.2, -0.15) is 0 Å². The highest BCUT2D eigenvalue weighted by Crippen LogP contribution is 2.23. The van der Waals surface area contributed by atoms with Gasteiger partial charge in [0.15, 0.2) is 6.10 Å². The zero-order valence-electron chi connectivity index (χ0n) is 12.5. The van der Waals surface area contributed by atoms with Gasteiger partial charge in [-0.1, -0.05) is 31.5 Å². The molecule has 0 aliphatic rings. The van der Waals surface area contributed by atoms with Crippen LogP contribution in [0.5, 0.6) is 5.75 Å². The van der Waals surface area contributed by atoms with Crippen LogP contribution in [0.3, 0.4) is 0 Å². The van der Waals surface area contributed by atoms with Crippen LogP contribution in [0, 0.1) is 0 Å². The van der Waals surface area contributed by atoms with Crippen LogP contribution >= 0.6 is 11.6 Å². The van der Waals surface area contributed by atoms with Gasteiger partial charge < -0.3 is 14.5 Å². The first-order valence-corrected chi connectivity index (χ1v) is 7.40. The number of rotatable bonds is 7. The minimum atomic E-state index is -0.317. The van der Waals surface area contributed by atoms with Gasteiger partial charge in [0.2, 0.25) is 5.89 Å². The van der Waals surface area contributed by atoms with E-state index < -0.39 is 0 Å². The Hall–Kier alpha value is -1.59. The van der Waals surface area contributed by atoms with Gasteiger partial charge >= 0.3 is 0 Å².